The van der Waals surface area contributed by atoms with Gasteiger partial charge in [-0.2, -0.15) is 0 Å². The topological polar surface area (TPSA) is 96.2 Å². The molecule has 9 heteroatoms. The average Bonchev–Trinajstić information content (AvgIpc) is 2.98. The van der Waals surface area contributed by atoms with E-state index < -0.39 is 36.2 Å². The standard InChI is InChI=1S/C26H36BNO7/c1-9-20-14(2)15(3)23(24(33-20)31-16(4)29)28-17-10-11-18-19(13-22(30)32-21(18)12-17)27-34-25(5,6)26(7,8)35-27/h10-15,20,23-24,28H,9H2,1-8H3/t14-,15-,20?,23?,24?/m0/s1. The van der Waals surface area contributed by atoms with Gasteiger partial charge in [0.2, 0.25) is 6.29 Å². The van der Waals surface area contributed by atoms with Crippen molar-refractivity contribution in [3.63, 3.8) is 0 Å². The predicted octanol–water partition coefficient (Wildman–Crippen LogP) is 3.84. The molecule has 0 aliphatic carbocycles. The molecular formula is C26H36BNO7. The Bertz CT molecular complexity index is 1140. The van der Waals surface area contributed by atoms with Crippen LogP contribution in [0.4, 0.5) is 5.69 Å². The lowest BCUT2D eigenvalue weighted by Gasteiger charge is -2.44. The van der Waals surface area contributed by atoms with E-state index in [1.54, 1.807) is 6.07 Å². The molecule has 1 N–H and O–H groups in total. The number of fused-ring (bicyclic) bond motifs is 1. The molecule has 190 valence electrons. The Morgan fingerprint density at radius 3 is 2.34 bits per heavy atom. The lowest BCUT2D eigenvalue weighted by molar-refractivity contribution is -0.223. The van der Waals surface area contributed by atoms with Gasteiger partial charge in [0.1, 0.15) is 5.58 Å². The molecule has 3 heterocycles. The molecule has 1 aromatic carbocycles. The Balaban J connectivity index is 1.66. The number of rotatable bonds is 5. The van der Waals surface area contributed by atoms with Crippen LogP contribution in [0, 0.1) is 11.8 Å². The fourth-order valence-corrected chi connectivity index (χ4v) is 4.86. The van der Waals surface area contributed by atoms with Crippen molar-refractivity contribution >= 4 is 35.2 Å². The first-order chi connectivity index (χ1) is 16.3. The molecule has 0 amide bonds. The highest BCUT2D eigenvalue weighted by Crippen LogP contribution is 2.38. The van der Waals surface area contributed by atoms with E-state index in [1.807, 2.05) is 39.8 Å². The van der Waals surface area contributed by atoms with Crippen LogP contribution in [0.5, 0.6) is 0 Å². The zero-order valence-electron chi connectivity index (χ0n) is 21.8. The Morgan fingerprint density at radius 2 is 1.74 bits per heavy atom. The van der Waals surface area contributed by atoms with Crippen molar-refractivity contribution in [2.24, 2.45) is 11.8 Å². The highest BCUT2D eigenvalue weighted by molar-refractivity contribution is 6.65. The van der Waals surface area contributed by atoms with E-state index in [2.05, 4.69) is 26.1 Å². The minimum atomic E-state index is -0.720. The van der Waals surface area contributed by atoms with Gasteiger partial charge in [-0.1, -0.05) is 20.8 Å². The number of benzene rings is 1. The molecule has 2 aromatic rings. The van der Waals surface area contributed by atoms with Gasteiger partial charge in [-0.05, 0) is 58.1 Å². The van der Waals surface area contributed by atoms with Crippen LogP contribution < -0.4 is 16.4 Å². The van der Waals surface area contributed by atoms with Gasteiger partial charge in [0.15, 0.2) is 0 Å². The molecule has 2 saturated heterocycles. The van der Waals surface area contributed by atoms with E-state index in [1.165, 1.54) is 13.0 Å². The van der Waals surface area contributed by atoms with Crippen LogP contribution in [0.15, 0.2) is 33.5 Å². The Morgan fingerprint density at radius 1 is 1.09 bits per heavy atom. The third-order valence-electron chi connectivity index (χ3n) is 7.89. The molecule has 3 unspecified atom stereocenters. The average molecular weight is 485 g/mol. The number of ether oxygens (including phenoxy) is 2. The van der Waals surface area contributed by atoms with Gasteiger partial charge in [-0.15, -0.1) is 0 Å². The molecule has 2 fully saturated rings. The SMILES string of the molecule is CCC1OC(OC(C)=O)C(Nc2ccc3c(B4OC(C)(C)C(C)(C)O4)cc(=O)oc3c2)[C@@H](C)[C@@H]1C. The molecular weight excluding hydrogens is 449 g/mol. The Hall–Kier alpha value is -2.36. The summed E-state index contributed by atoms with van der Waals surface area (Å²) in [6.45, 7) is 15.6. The molecule has 2 aliphatic heterocycles. The number of hydrogen-bond donors (Lipinski definition) is 1. The van der Waals surface area contributed by atoms with Crippen LogP contribution in [0.1, 0.15) is 61.8 Å². The van der Waals surface area contributed by atoms with Crippen molar-refractivity contribution in [2.45, 2.75) is 91.4 Å². The van der Waals surface area contributed by atoms with Crippen molar-refractivity contribution in [2.75, 3.05) is 5.32 Å². The van der Waals surface area contributed by atoms with Crippen molar-refractivity contribution in [3.05, 3.63) is 34.7 Å². The molecule has 2 aliphatic rings. The van der Waals surface area contributed by atoms with Crippen LogP contribution in [0.2, 0.25) is 0 Å². The van der Waals surface area contributed by atoms with E-state index in [0.29, 0.717) is 11.0 Å². The van der Waals surface area contributed by atoms with E-state index in [0.717, 1.165) is 17.5 Å². The molecule has 0 bridgehead atoms. The number of carbonyl (C=O) groups is 1. The van der Waals surface area contributed by atoms with Crippen molar-refractivity contribution in [1.82, 2.24) is 0 Å². The Labute approximate surface area is 206 Å². The van der Waals surface area contributed by atoms with Gasteiger partial charge >= 0.3 is 18.7 Å². The number of carbonyl (C=O) groups excluding carboxylic acids is 1. The van der Waals surface area contributed by atoms with Gasteiger partial charge in [0.05, 0.1) is 23.3 Å². The molecule has 0 spiro atoms. The van der Waals surface area contributed by atoms with Crippen LogP contribution in [-0.4, -0.2) is 42.7 Å². The first-order valence-corrected chi connectivity index (χ1v) is 12.4. The van der Waals surface area contributed by atoms with Gasteiger partial charge in [0.25, 0.3) is 0 Å². The highest BCUT2D eigenvalue weighted by Gasteiger charge is 2.52. The number of hydrogen-bond acceptors (Lipinski definition) is 8. The summed E-state index contributed by atoms with van der Waals surface area (Å²) < 4.78 is 29.6. The second-order valence-corrected chi connectivity index (χ2v) is 10.8. The Kier molecular flexibility index (Phi) is 6.81. The van der Waals surface area contributed by atoms with Crippen LogP contribution in [-0.2, 0) is 23.6 Å². The van der Waals surface area contributed by atoms with E-state index in [-0.39, 0.29) is 24.0 Å². The molecule has 35 heavy (non-hydrogen) atoms. The minimum absolute atomic E-state index is 0.00416. The van der Waals surface area contributed by atoms with E-state index in [9.17, 15) is 9.59 Å². The van der Waals surface area contributed by atoms with Crippen molar-refractivity contribution in [3.8, 4) is 0 Å². The number of esters is 1. The third-order valence-corrected chi connectivity index (χ3v) is 7.89. The second kappa shape index (κ2) is 9.26. The maximum atomic E-state index is 12.4. The molecule has 0 radical (unpaired) electrons. The smallest absolute Gasteiger partial charge is 0.434 e. The van der Waals surface area contributed by atoms with Gasteiger partial charge < -0.3 is 28.5 Å². The summed E-state index contributed by atoms with van der Waals surface area (Å²) in [5, 5.41) is 4.19. The summed E-state index contributed by atoms with van der Waals surface area (Å²) in [4.78, 5) is 24.2. The molecule has 5 atom stereocenters. The van der Waals surface area contributed by atoms with Crippen molar-refractivity contribution in [1.29, 1.82) is 0 Å². The zero-order valence-corrected chi connectivity index (χ0v) is 21.8. The van der Waals surface area contributed by atoms with Crippen LogP contribution in [0.3, 0.4) is 0 Å². The minimum Gasteiger partial charge on any atom is -0.434 e. The fraction of sp³-hybridized carbons (Fsp3) is 0.615. The first kappa shape index (κ1) is 25.7. The van der Waals surface area contributed by atoms with Gasteiger partial charge in [0, 0.05) is 35.6 Å². The number of anilines is 1. The van der Waals surface area contributed by atoms with Crippen LogP contribution >= 0.6 is 0 Å². The maximum Gasteiger partial charge on any atom is 0.495 e. The second-order valence-electron chi connectivity index (χ2n) is 10.8. The largest absolute Gasteiger partial charge is 0.495 e. The predicted molar refractivity (Wildman–Crippen MR) is 135 cm³/mol. The summed E-state index contributed by atoms with van der Waals surface area (Å²) in [6.07, 6.45) is 0.116. The maximum absolute atomic E-state index is 12.4. The summed E-state index contributed by atoms with van der Waals surface area (Å²) in [6, 6.07) is 6.73. The molecule has 8 nitrogen and oxygen atoms in total. The quantitative estimate of drug-likeness (QED) is 0.388. The number of nitrogens with one attached hydrogen (secondary N) is 1. The normalized spacial score (nSPS) is 29.8. The molecule has 1 aromatic heterocycles. The monoisotopic (exact) mass is 485 g/mol. The lowest BCUT2D eigenvalue weighted by Crippen LogP contribution is -2.54. The lowest BCUT2D eigenvalue weighted by atomic mass is 9.77. The third kappa shape index (κ3) is 4.86. The van der Waals surface area contributed by atoms with Crippen molar-refractivity contribution < 1.29 is 28.0 Å². The zero-order chi connectivity index (χ0) is 25.7. The molecule has 4 rings (SSSR count). The fourth-order valence-electron chi connectivity index (χ4n) is 4.86. The van der Waals surface area contributed by atoms with E-state index >= 15 is 0 Å². The van der Waals surface area contributed by atoms with Gasteiger partial charge in [-0.25, -0.2) is 4.79 Å². The van der Waals surface area contributed by atoms with Crippen LogP contribution in [0.25, 0.3) is 11.0 Å². The first-order valence-electron chi connectivity index (χ1n) is 12.4. The summed E-state index contributed by atoms with van der Waals surface area (Å²) in [5.41, 5.74) is 0.236. The highest BCUT2D eigenvalue weighted by atomic mass is 16.7. The summed E-state index contributed by atoms with van der Waals surface area (Å²) in [5.74, 6) is 0.0319. The van der Waals surface area contributed by atoms with Gasteiger partial charge in [-0.3, -0.25) is 4.79 Å². The van der Waals surface area contributed by atoms with E-state index in [4.69, 9.17) is 23.2 Å². The molecule has 0 saturated carbocycles. The summed E-state index contributed by atoms with van der Waals surface area (Å²) in [7, 11) is -0.683. The summed E-state index contributed by atoms with van der Waals surface area (Å²) >= 11 is 0.